The Morgan fingerprint density at radius 2 is 2.00 bits per heavy atom. The van der Waals surface area contributed by atoms with E-state index in [1.54, 1.807) is 6.08 Å². The van der Waals surface area contributed by atoms with E-state index in [0.717, 1.165) is 27.3 Å². The first-order valence-electron chi connectivity index (χ1n) is 6.55. The third-order valence-electron chi connectivity index (χ3n) is 3.18. The fourth-order valence-electron chi connectivity index (χ4n) is 1.87. The number of rotatable bonds is 3. The van der Waals surface area contributed by atoms with Crippen LogP contribution in [0.25, 0.3) is 6.08 Å². The van der Waals surface area contributed by atoms with Crippen LogP contribution in [0.2, 0.25) is 0 Å². The molecule has 0 bridgehead atoms. The molecule has 0 radical (unpaired) electrons. The number of anilines is 1. The number of nitrogens with one attached hydrogen (secondary N) is 1. The number of nitriles is 1. The zero-order chi connectivity index (χ0) is 15.4. The van der Waals surface area contributed by atoms with Gasteiger partial charge < -0.3 is 5.32 Å². The summed E-state index contributed by atoms with van der Waals surface area (Å²) in [5, 5.41) is 14.0. The first-order chi connectivity index (χ1) is 10.0. The van der Waals surface area contributed by atoms with Crippen molar-refractivity contribution in [1.82, 2.24) is 0 Å². The van der Waals surface area contributed by atoms with Crippen LogP contribution >= 0.6 is 11.3 Å². The van der Waals surface area contributed by atoms with Crippen molar-refractivity contribution in [2.45, 2.75) is 20.8 Å². The van der Waals surface area contributed by atoms with Gasteiger partial charge in [-0.15, -0.1) is 11.3 Å². The first kappa shape index (κ1) is 15.0. The summed E-state index contributed by atoms with van der Waals surface area (Å²) >= 11 is 1.52. The van der Waals surface area contributed by atoms with Crippen LogP contribution in [-0.2, 0) is 4.79 Å². The lowest BCUT2D eigenvalue weighted by Crippen LogP contribution is -2.14. The van der Waals surface area contributed by atoms with Crippen molar-refractivity contribution in [2.75, 3.05) is 5.32 Å². The predicted molar refractivity (Wildman–Crippen MR) is 87.2 cm³/mol. The zero-order valence-corrected chi connectivity index (χ0v) is 13.0. The van der Waals surface area contributed by atoms with E-state index in [-0.39, 0.29) is 11.5 Å². The second-order valence-electron chi connectivity index (χ2n) is 4.91. The van der Waals surface area contributed by atoms with Gasteiger partial charge in [0.25, 0.3) is 5.91 Å². The van der Waals surface area contributed by atoms with Crippen molar-refractivity contribution in [3.8, 4) is 6.07 Å². The van der Waals surface area contributed by atoms with E-state index in [2.05, 4.69) is 5.32 Å². The maximum absolute atomic E-state index is 12.2. The van der Waals surface area contributed by atoms with Gasteiger partial charge in [-0.25, -0.2) is 0 Å². The third kappa shape index (κ3) is 3.59. The molecule has 4 heteroatoms. The summed E-state index contributed by atoms with van der Waals surface area (Å²) in [5.74, 6) is -0.376. The number of nitrogens with zero attached hydrogens (tertiary/aromatic N) is 1. The number of thiophene rings is 1. The van der Waals surface area contributed by atoms with Crippen molar-refractivity contribution < 1.29 is 4.79 Å². The Kier molecular flexibility index (Phi) is 4.56. The average molecular weight is 296 g/mol. The maximum Gasteiger partial charge on any atom is 0.266 e. The normalized spacial score (nSPS) is 11.0. The largest absolute Gasteiger partial charge is 0.321 e. The second kappa shape index (κ2) is 6.38. The van der Waals surface area contributed by atoms with Gasteiger partial charge >= 0.3 is 0 Å². The molecule has 1 amide bonds. The Hall–Kier alpha value is -2.38. The van der Waals surface area contributed by atoms with E-state index in [1.165, 1.54) is 11.3 Å². The molecule has 0 saturated carbocycles. The number of carbonyl (C=O) groups excluding carboxylic acids is 1. The van der Waals surface area contributed by atoms with Gasteiger partial charge in [0.2, 0.25) is 0 Å². The minimum absolute atomic E-state index is 0.112. The highest BCUT2D eigenvalue weighted by Crippen LogP contribution is 2.21. The Morgan fingerprint density at radius 3 is 2.62 bits per heavy atom. The van der Waals surface area contributed by atoms with Gasteiger partial charge in [-0.3, -0.25) is 4.79 Å². The van der Waals surface area contributed by atoms with Crippen molar-refractivity contribution in [1.29, 1.82) is 5.26 Å². The Morgan fingerprint density at radius 1 is 1.24 bits per heavy atom. The molecular formula is C17H16N2OS. The molecule has 1 aromatic carbocycles. The highest BCUT2D eigenvalue weighted by molar-refractivity contribution is 7.11. The lowest BCUT2D eigenvalue weighted by Gasteiger charge is -2.08. The summed E-state index contributed by atoms with van der Waals surface area (Å²) in [4.78, 5) is 13.2. The summed E-state index contributed by atoms with van der Waals surface area (Å²) in [7, 11) is 0. The van der Waals surface area contributed by atoms with Crippen molar-refractivity contribution in [3.05, 3.63) is 56.8 Å². The molecule has 0 aliphatic rings. The number of aryl methyl sites for hydroxylation is 3. The minimum Gasteiger partial charge on any atom is -0.321 e. The van der Waals surface area contributed by atoms with E-state index >= 15 is 0 Å². The minimum atomic E-state index is -0.376. The fraction of sp³-hybridized carbons (Fsp3) is 0.176. The van der Waals surface area contributed by atoms with Crippen LogP contribution in [0, 0.1) is 32.1 Å². The number of carbonyl (C=O) groups is 1. The second-order valence-corrected chi connectivity index (χ2v) is 5.86. The molecule has 1 N–H and O–H groups in total. The highest BCUT2D eigenvalue weighted by atomic mass is 32.1. The summed E-state index contributed by atoms with van der Waals surface area (Å²) in [5.41, 5.74) is 3.95. The molecule has 0 aliphatic heterocycles. The van der Waals surface area contributed by atoms with Crippen LogP contribution in [0.5, 0.6) is 0 Å². The molecule has 0 aliphatic carbocycles. The van der Waals surface area contributed by atoms with Gasteiger partial charge in [0, 0.05) is 10.6 Å². The number of benzene rings is 1. The molecule has 1 aromatic heterocycles. The molecule has 3 nitrogen and oxygen atoms in total. The van der Waals surface area contributed by atoms with Crippen molar-refractivity contribution in [2.24, 2.45) is 0 Å². The first-order valence-corrected chi connectivity index (χ1v) is 7.43. The van der Waals surface area contributed by atoms with Gasteiger partial charge in [-0.2, -0.15) is 5.26 Å². The Balaban J connectivity index is 2.26. The monoisotopic (exact) mass is 296 g/mol. The van der Waals surface area contributed by atoms with Crippen LogP contribution in [-0.4, -0.2) is 5.91 Å². The number of hydrogen-bond acceptors (Lipinski definition) is 3. The van der Waals surface area contributed by atoms with E-state index in [0.29, 0.717) is 0 Å². The topological polar surface area (TPSA) is 52.9 Å². The molecule has 21 heavy (non-hydrogen) atoms. The van der Waals surface area contributed by atoms with E-state index in [1.807, 2.05) is 56.5 Å². The van der Waals surface area contributed by atoms with Crippen molar-refractivity contribution in [3.63, 3.8) is 0 Å². The number of hydrogen-bond donors (Lipinski definition) is 1. The molecule has 2 rings (SSSR count). The summed E-state index contributed by atoms with van der Waals surface area (Å²) in [6.07, 6.45) is 1.64. The van der Waals surface area contributed by atoms with Crippen molar-refractivity contribution >= 4 is 29.0 Å². The Bertz CT molecular complexity index is 750. The quantitative estimate of drug-likeness (QED) is 0.681. The highest BCUT2D eigenvalue weighted by Gasteiger charge is 2.12. The van der Waals surface area contributed by atoms with Crippen LogP contribution < -0.4 is 5.32 Å². The lowest BCUT2D eigenvalue weighted by atomic mass is 10.1. The van der Waals surface area contributed by atoms with Gasteiger partial charge in [-0.1, -0.05) is 12.1 Å². The molecule has 0 saturated heterocycles. The summed E-state index contributed by atoms with van der Waals surface area (Å²) in [6.45, 7) is 5.85. The van der Waals surface area contributed by atoms with Crippen LogP contribution in [0.4, 0.5) is 5.69 Å². The summed E-state index contributed by atoms with van der Waals surface area (Å²) < 4.78 is 0. The molecule has 0 atom stereocenters. The molecule has 0 fully saturated rings. The van der Waals surface area contributed by atoms with Crippen LogP contribution in [0.1, 0.15) is 21.6 Å². The molecule has 0 spiro atoms. The molecular weight excluding hydrogens is 280 g/mol. The van der Waals surface area contributed by atoms with E-state index < -0.39 is 0 Å². The third-order valence-corrected chi connectivity index (χ3v) is 4.15. The Labute approximate surface area is 128 Å². The summed E-state index contributed by atoms with van der Waals surface area (Å²) in [6, 6.07) is 9.78. The molecule has 0 unspecified atom stereocenters. The van der Waals surface area contributed by atoms with Gasteiger partial charge in [0.05, 0.1) is 0 Å². The smallest absolute Gasteiger partial charge is 0.266 e. The van der Waals surface area contributed by atoms with Gasteiger partial charge in [-0.05, 0) is 61.1 Å². The lowest BCUT2D eigenvalue weighted by molar-refractivity contribution is -0.112. The predicted octanol–water partition coefficient (Wildman–Crippen LogP) is 4.22. The molecule has 106 valence electrons. The molecule has 2 aromatic rings. The zero-order valence-electron chi connectivity index (χ0n) is 12.2. The standard InChI is InChI=1S/C17H16N2OS/c1-11-4-5-12(2)15(8-11)19-17(20)14(10-18)9-16-13(3)6-7-21-16/h4-9H,1-3H3,(H,19,20)/b14-9+. The van der Waals surface area contributed by atoms with E-state index in [9.17, 15) is 10.1 Å². The van der Waals surface area contributed by atoms with Crippen LogP contribution in [0.3, 0.4) is 0 Å². The fourth-order valence-corrected chi connectivity index (χ4v) is 2.73. The average Bonchev–Trinajstić information content (AvgIpc) is 2.85. The SMILES string of the molecule is Cc1ccc(C)c(NC(=O)/C(C#N)=C/c2sccc2C)c1. The van der Waals surface area contributed by atoms with Gasteiger partial charge in [0.15, 0.2) is 0 Å². The van der Waals surface area contributed by atoms with E-state index in [4.69, 9.17) is 0 Å². The maximum atomic E-state index is 12.2. The molecule has 1 heterocycles. The van der Waals surface area contributed by atoms with Gasteiger partial charge in [0.1, 0.15) is 11.6 Å². The van der Waals surface area contributed by atoms with Crippen LogP contribution in [0.15, 0.2) is 35.2 Å². The number of amides is 1.